The summed E-state index contributed by atoms with van der Waals surface area (Å²) in [5, 5.41) is 2.89. The van der Waals surface area contributed by atoms with Gasteiger partial charge < -0.3 is 10.1 Å². The van der Waals surface area contributed by atoms with E-state index < -0.39 is 10.8 Å². The molecule has 1 unspecified atom stereocenters. The zero-order valence-electron chi connectivity index (χ0n) is 13.2. The van der Waals surface area contributed by atoms with E-state index in [1.165, 1.54) is 32.1 Å². The average Bonchev–Trinajstić information content (AvgIpc) is 2.55. The molecule has 1 aliphatic carbocycles. The average molecular weight is 323 g/mol. The van der Waals surface area contributed by atoms with E-state index in [9.17, 15) is 9.00 Å². The molecule has 1 aliphatic rings. The van der Waals surface area contributed by atoms with Gasteiger partial charge >= 0.3 is 0 Å². The van der Waals surface area contributed by atoms with Gasteiger partial charge in [0.2, 0.25) is 0 Å². The van der Waals surface area contributed by atoms with E-state index >= 15 is 0 Å². The minimum Gasteiger partial charge on any atom is -0.378 e. The molecular weight excluding hydrogens is 298 g/mol. The summed E-state index contributed by atoms with van der Waals surface area (Å²) in [6, 6.07) is 6.89. The first-order valence-electron chi connectivity index (χ1n) is 8.00. The fourth-order valence-electron chi connectivity index (χ4n) is 2.66. The van der Waals surface area contributed by atoms with Crippen molar-refractivity contribution in [2.75, 3.05) is 19.4 Å². The molecule has 0 saturated heterocycles. The van der Waals surface area contributed by atoms with Crippen molar-refractivity contribution in [3.63, 3.8) is 0 Å². The van der Waals surface area contributed by atoms with E-state index in [1.807, 2.05) is 0 Å². The lowest BCUT2D eigenvalue weighted by molar-refractivity contribution is 0.0273. The van der Waals surface area contributed by atoms with Gasteiger partial charge in [-0.2, -0.15) is 0 Å². The van der Waals surface area contributed by atoms with Crippen molar-refractivity contribution in [2.24, 2.45) is 0 Å². The molecule has 0 heterocycles. The number of amides is 1. The van der Waals surface area contributed by atoms with Crippen LogP contribution in [0, 0.1) is 0 Å². The molecule has 1 saturated carbocycles. The summed E-state index contributed by atoms with van der Waals surface area (Å²) >= 11 is 0. The van der Waals surface area contributed by atoms with Gasteiger partial charge in [0.1, 0.15) is 0 Å². The fourth-order valence-corrected chi connectivity index (χ4v) is 3.18. The van der Waals surface area contributed by atoms with Crippen LogP contribution in [0.1, 0.15) is 48.9 Å². The maximum Gasteiger partial charge on any atom is 0.251 e. The SMILES string of the molecule is CS(=O)c1ccc(C(=O)NCCCOC2CCCCC2)cc1. The van der Waals surface area contributed by atoms with Crippen LogP contribution < -0.4 is 5.32 Å². The summed E-state index contributed by atoms with van der Waals surface area (Å²) < 4.78 is 17.1. The Kier molecular flexibility index (Phi) is 7.06. The van der Waals surface area contributed by atoms with Gasteiger partial charge in [0, 0.05) is 40.7 Å². The van der Waals surface area contributed by atoms with Crippen LogP contribution in [0.2, 0.25) is 0 Å². The zero-order valence-corrected chi connectivity index (χ0v) is 14.0. The molecule has 0 bridgehead atoms. The lowest BCUT2D eigenvalue weighted by Gasteiger charge is -2.21. The molecule has 1 amide bonds. The highest BCUT2D eigenvalue weighted by Crippen LogP contribution is 2.20. The van der Waals surface area contributed by atoms with Gasteiger partial charge in [-0.05, 0) is 43.5 Å². The smallest absolute Gasteiger partial charge is 0.251 e. The first-order valence-corrected chi connectivity index (χ1v) is 9.56. The quantitative estimate of drug-likeness (QED) is 0.785. The summed E-state index contributed by atoms with van der Waals surface area (Å²) in [5.74, 6) is -0.0916. The van der Waals surface area contributed by atoms with Gasteiger partial charge in [-0.15, -0.1) is 0 Å². The molecule has 1 aromatic rings. The highest BCUT2D eigenvalue weighted by Gasteiger charge is 2.13. The van der Waals surface area contributed by atoms with Crippen molar-refractivity contribution >= 4 is 16.7 Å². The van der Waals surface area contributed by atoms with Gasteiger partial charge in [-0.1, -0.05) is 19.3 Å². The molecule has 1 N–H and O–H groups in total. The van der Waals surface area contributed by atoms with Gasteiger partial charge in [0.05, 0.1) is 6.10 Å². The van der Waals surface area contributed by atoms with Crippen molar-refractivity contribution in [1.29, 1.82) is 0 Å². The minimum atomic E-state index is -1.01. The van der Waals surface area contributed by atoms with E-state index in [2.05, 4.69) is 5.32 Å². The molecule has 0 radical (unpaired) electrons. The molecule has 4 nitrogen and oxygen atoms in total. The summed E-state index contributed by atoms with van der Waals surface area (Å²) in [5.41, 5.74) is 0.599. The van der Waals surface area contributed by atoms with Crippen LogP contribution in [-0.4, -0.2) is 35.6 Å². The normalized spacial score (nSPS) is 17.1. The summed E-state index contributed by atoms with van der Waals surface area (Å²) in [6.45, 7) is 1.33. The maximum absolute atomic E-state index is 12.0. The summed E-state index contributed by atoms with van der Waals surface area (Å²) in [4.78, 5) is 12.7. The van der Waals surface area contributed by atoms with Gasteiger partial charge in [0.25, 0.3) is 5.91 Å². The first-order chi connectivity index (χ1) is 10.7. The summed E-state index contributed by atoms with van der Waals surface area (Å²) in [7, 11) is -1.01. The lowest BCUT2D eigenvalue weighted by atomic mass is 9.98. The van der Waals surface area contributed by atoms with Crippen LogP contribution in [0.4, 0.5) is 0 Å². The van der Waals surface area contributed by atoms with E-state index in [0.717, 1.165) is 11.3 Å². The molecule has 0 aromatic heterocycles. The lowest BCUT2D eigenvalue weighted by Crippen LogP contribution is -2.26. The van der Waals surface area contributed by atoms with Crippen LogP contribution >= 0.6 is 0 Å². The fraction of sp³-hybridized carbons (Fsp3) is 0.588. The molecule has 1 atom stereocenters. The standard InChI is InChI=1S/C17H25NO3S/c1-22(20)16-10-8-14(9-11-16)17(19)18-12-5-13-21-15-6-3-2-4-7-15/h8-11,15H,2-7,12-13H2,1H3,(H,18,19). The molecule has 122 valence electrons. The Morgan fingerprint density at radius 1 is 1.23 bits per heavy atom. The molecule has 22 heavy (non-hydrogen) atoms. The molecule has 5 heteroatoms. The highest BCUT2D eigenvalue weighted by atomic mass is 32.2. The van der Waals surface area contributed by atoms with Crippen molar-refractivity contribution in [3.8, 4) is 0 Å². The summed E-state index contributed by atoms with van der Waals surface area (Å²) in [6.07, 6.45) is 9.13. The Bertz CT molecular complexity index is 495. The Morgan fingerprint density at radius 2 is 1.91 bits per heavy atom. The van der Waals surface area contributed by atoms with Crippen LogP contribution in [0.25, 0.3) is 0 Å². The van der Waals surface area contributed by atoms with E-state index in [-0.39, 0.29) is 5.91 Å². The molecule has 2 rings (SSSR count). The van der Waals surface area contributed by atoms with Gasteiger partial charge in [-0.25, -0.2) is 0 Å². The molecule has 1 aromatic carbocycles. The second kappa shape index (κ2) is 9.06. The Hall–Kier alpha value is -1.20. The van der Waals surface area contributed by atoms with Gasteiger partial charge in [0.15, 0.2) is 0 Å². The number of carbonyl (C=O) groups excluding carboxylic acids is 1. The Morgan fingerprint density at radius 3 is 2.55 bits per heavy atom. The van der Waals surface area contributed by atoms with Crippen molar-refractivity contribution in [2.45, 2.75) is 49.5 Å². The predicted molar refractivity (Wildman–Crippen MR) is 88.5 cm³/mol. The topological polar surface area (TPSA) is 55.4 Å². The number of rotatable bonds is 7. The van der Waals surface area contributed by atoms with E-state index in [1.54, 1.807) is 30.5 Å². The van der Waals surface area contributed by atoms with Gasteiger partial charge in [-0.3, -0.25) is 9.00 Å². The van der Waals surface area contributed by atoms with E-state index in [0.29, 0.717) is 24.8 Å². The third-order valence-corrected chi connectivity index (χ3v) is 4.90. The third-order valence-electron chi connectivity index (χ3n) is 3.96. The number of benzene rings is 1. The zero-order chi connectivity index (χ0) is 15.8. The number of hydrogen-bond acceptors (Lipinski definition) is 3. The number of carbonyl (C=O) groups is 1. The van der Waals surface area contributed by atoms with Crippen LogP contribution in [-0.2, 0) is 15.5 Å². The van der Waals surface area contributed by atoms with Crippen molar-refractivity contribution in [3.05, 3.63) is 29.8 Å². The number of hydrogen-bond donors (Lipinski definition) is 1. The third kappa shape index (κ3) is 5.54. The van der Waals surface area contributed by atoms with Crippen LogP contribution in [0.3, 0.4) is 0 Å². The minimum absolute atomic E-state index is 0.0916. The van der Waals surface area contributed by atoms with Crippen molar-refractivity contribution < 1.29 is 13.7 Å². The predicted octanol–water partition coefficient (Wildman–Crippen LogP) is 2.89. The largest absolute Gasteiger partial charge is 0.378 e. The maximum atomic E-state index is 12.0. The van der Waals surface area contributed by atoms with Crippen LogP contribution in [0.5, 0.6) is 0 Å². The Labute approximate surface area is 135 Å². The van der Waals surface area contributed by atoms with Crippen LogP contribution in [0.15, 0.2) is 29.2 Å². The number of nitrogens with one attached hydrogen (secondary N) is 1. The second-order valence-electron chi connectivity index (χ2n) is 5.72. The highest BCUT2D eigenvalue weighted by molar-refractivity contribution is 7.84. The Balaban J connectivity index is 1.63. The molecular formula is C17H25NO3S. The van der Waals surface area contributed by atoms with Crippen molar-refractivity contribution in [1.82, 2.24) is 5.32 Å². The molecule has 1 fully saturated rings. The van der Waals surface area contributed by atoms with E-state index in [4.69, 9.17) is 4.74 Å². The number of ether oxygens (including phenoxy) is 1. The molecule has 0 spiro atoms. The second-order valence-corrected chi connectivity index (χ2v) is 7.10. The first kappa shape index (κ1) is 17.2. The molecule has 0 aliphatic heterocycles. The monoisotopic (exact) mass is 323 g/mol.